The average Bonchev–Trinajstić information content (AvgIpc) is 2.88. The first-order chi connectivity index (χ1) is 7.34. The van der Waals surface area contributed by atoms with Gasteiger partial charge < -0.3 is 0 Å². The SMILES string of the molecule is O=c1cc(-c2ccsc2)nc2cc[nH]n12. The summed E-state index contributed by atoms with van der Waals surface area (Å²) in [4.78, 5) is 16.0. The molecule has 0 amide bonds. The van der Waals surface area contributed by atoms with Crippen LogP contribution in [0.25, 0.3) is 16.9 Å². The van der Waals surface area contributed by atoms with E-state index in [1.165, 1.54) is 10.6 Å². The van der Waals surface area contributed by atoms with E-state index in [1.54, 1.807) is 23.6 Å². The quantitative estimate of drug-likeness (QED) is 0.675. The molecule has 5 heteroatoms. The number of hydrogen-bond acceptors (Lipinski definition) is 3. The van der Waals surface area contributed by atoms with E-state index in [9.17, 15) is 4.79 Å². The smallest absolute Gasteiger partial charge is 0.273 e. The number of nitrogens with one attached hydrogen (secondary N) is 1. The Hall–Kier alpha value is -1.88. The van der Waals surface area contributed by atoms with Gasteiger partial charge in [-0.05, 0) is 11.4 Å². The largest absolute Gasteiger partial charge is 0.297 e. The molecule has 0 atom stereocenters. The van der Waals surface area contributed by atoms with Gasteiger partial charge >= 0.3 is 0 Å². The molecule has 0 bridgehead atoms. The van der Waals surface area contributed by atoms with Crippen molar-refractivity contribution in [3.63, 3.8) is 0 Å². The number of fused-ring (bicyclic) bond motifs is 1. The van der Waals surface area contributed by atoms with Crippen molar-refractivity contribution in [3.8, 4) is 11.3 Å². The second kappa shape index (κ2) is 3.06. The Bertz CT molecular complexity index is 651. The molecule has 74 valence electrons. The molecule has 0 aromatic carbocycles. The van der Waals surface area contributed by atoms with E-state index in [-0.39, 0.29) is 5.56 Å². The van der Waals surface area contributed by atoms with Gasteiger partial charge in [0.15, 0.2) is 5.65 Å². The zero-order valence-corrected chi connectivity index (χ0v) is 8.49. The second-order valence-electron chi connectivity index (χ2n) is 3.15. The summed E-state index contributed by atoms with van der Waals surface area (Å²) in [5.41, 5.74) is 2.26. The fourth-order valence-corrected chi connectivity index (χ4v) is 2.14. The van der Waals surface area contributed by atoms with Crippen LogP contribution in [0, 0.1) is 0 Å². The molecule has 15 heavy (non-hydrogen) atoms. The molecule has 1 N–H and O–H groups in total. The van der Waals surface area contributed by atoms with Crippen LogP contribution in [0.1, 0.15) is 0 Å². The first-order valence-corrected chi connectivity index (χ1v) is 5.39. The van der Waals surface area contributed by atoms with Crippen molar-refractivity contribution in [2.45, 2.75) is 0 Å². The topological polar surface area (TPSA) is 50.2 Å². The summed E-state index contributed by atoms with van der Waals surface area (Å²) in [6, 6.07) is 5.26. The zero-order chi connectivity index (χ0) is 10.3. The summed E-state index contributed by atoms with van der Waals surface area (Å²) in [5, 5.41) is 6.75. The minimum atomic E-state index is -0.0915. The first-order valence-electron chi connectivity index (χ1n) is 4.44. The lowest BCUT2D eigenvalue weighted by Crippen LogP contribution is -2.13. The van der Waals surface area contributed by atoms with Gasteiger partial charge in [0, 0.05) is 29.3 Å². The van der Waals surface area contributed by atoms with Crippen molar-refractivity contribution in [2.24, 2.45) is 0 Å². The first kappa shape index (κ1) is 8.43. The molecule has 0 saturated carbocycles. The summed E-state index contributed by atoms with van der Waals surface area (Å²) in [6.07, 6.45) is 1.70. The summed E-state index contributed by atoms with van der Waals surface area (Å²) in [7, 11) is 0. The lowest BCUT2D eigenvalue weighted by Gasteiger charge is -1.97. The molecule has 4 nitrogen and oxygen atoms in total. The van der Waals surface area contributed by atoms with Gasteiger partial charge in [-0.25, -0.2) is 9.50 Å². The van der Waals surface area contributed by atoms with E-state index in [0.29, 0.717) is 5.65 Å². The van der Waals surface area contributed by atoms with Crippen LogP contribution in [0.3, 0.4) is 0 Å². The number of aromatic amines is 1. The monoisotopic (exact) mass is 217 g/mol. The molecule has 0 spiro atoms. The third-order valence-electron chi connectivity index (χ3n) is 2.20. The van der Waals surface area contributed by atoms with E-state index in [0.717, 1.165) is 11.3 Å². The predicted molar refractivity (Wildman–Crippen MR) is 59.1 cm³/mol. The van der Waals surface area contributed by atoms with E-state index in [4.69, 9.17) is 0 Å². The highest BCUT2D eigenvalue weighted by atomic mass is 32.1. The number of nitrogens with zero attached hydrogens (tertiary/aromatic N) is 2. The van der Waals surface area contributed by atoms with Crippen LogP contribution >= 0.6 is 11.3 Å². The van der Waals surface area contributed by atoms with Gasteiger partial charge in [-0.15, -0.1) is 0 Å². The molecule has 0 unspecified atom stereocenters. The Balaban J connectivity index is 2.34. The van der Waals surface area contributed by atoms with Crippen LogP contribution in [0.5, 0.6) is 0 Å². The van der Waals surface area contributed by atoms with Crippen molar-refractivity contribution in [3.05, 3.63) is 45.5 Å². The molecule has 0 aliphatic carbocycles. The van der Waals surface area contributed by atoms with Crippen LogP contribution in [0.2, 0.25) is 0 Å². The van der Waals surface area contributed by atoms with E-state index >= 15 is 0 Å². The molecular formula is C10H7N3OS. The van der Waals surface area contributed by atoms with Gasteiger partial charge in [0.1, 0.15) is 0 Å². The third kappa shape index (κ3) is 1.28. The summed E-state index contributed by atoms with van der Waals surface area (Å²) >= 11 is 1.59. The van der Waals surface area contributed by atoms with Crippen molar-refractivity contribution in [1.29, 1.82) is 0 Å². The Morgan fingerprint density at radius 3 is 3.13 bits per heavy atom. The van der Waals surface area contributed by atoms with Crippen molar-refractivity contribution < 1.29 is 0 Å². The van der Waals surface area contributed by atoms with Crippen molar-refractivity contribution in [1.82, 2.24) is 14.6 Å². The predicted octanol–water partition coefficient (Wildman–Crippen LogP) is 1.75. The minimum Gasteiger partial charge on any atom is -0.297 e. The lowest BCUT2D eigenvalue weighted by molar-refractivity contribution is 0.901. The van der Waals surface area contributed by atoms with Crippen LogP contribution in [-0.2, 0) is 0 Å². The van der Waals surface area contributed by atoms with Crippen molar-refractivity contribution >= 4 is 17.0 Å². The fourth-order valence-electron chi connectivity index (χ4n) is 1.49. The molecule has 0 saturated heterocycles. The highest BCUT2D eigenvalue weighted by Gasteiger charge is 2.04. The molecule has 0 aliphatic rings. The maximum atomic E-state index is 11.7. The van der Waals surface area contributed by atoms with Gasteiger partial charge in [0.2, 0.25) is 0 Å². The van der Waals surface area contributed by atoms with Gasteiger partial charge in [0.25, 0.3) is 5.56 Å². The third-order valence-corrected chi connectivity index (χ3v) is 2.88. The Labute approximate surface area is 88.8 Å². The average molecular weight is 217 g/mol. The van der Waals surface area contributed by atoms with Crippen molar-refractivity contribution in [2.75, 3.05) is 0 Å². The molecule has 0 aliphatic heterocycles. The van der Waals surface area contributed by atoms with Gasteiger partial charge in [-0.3, -0.25) is 9.89 Å². The van der Waals surface area contributed by atoms with Crippen LogP contribution < -0.4 is 5.56 Å². The van der Waals surface area contributed by atoms with E-state index in [2.05, 4.69) is 10.1 Å². The maximum Gasteiger partial charge on any atom is 0.273 e. The zero-order valence-electron chi connectivity index (χ0n) is 7.68. The molecule has 3 aromatic heterocycles. The highest BCUT2D eigenvalue weighted by molar-refractivity contribution is 7.08. The number of aromatic nitrogens is 3. The number of hydrogen-bond donors (Lipinski definition) is 1. The second-order valence-corrected chi connectivity index (χ2v) is 3.93. The molecule has 3 heterocycles. The van der Waals surface area contributed by atoms with Crippen LogP contribution in [0.4, 0.5) is 0 Å². The standard InChI is InChI=1S/C10H7N3OS/c14-10-5-8(7-2-4-15-6-7)12-9-1-3-11-13(9)10/h1-6,11H. The number of thiophene rings is 1. The Morgan fingerprint density at radius 1 is 1.40 bits per heavy atom. The molecular weight excluding hydrogens is 210 g/mol. The highest BCUT2D eigenvalue weighted by Crippen LogP contribution is 2.18. The normalized spacial score (nSPS) is 10.9. The van der Waals surface area contributed by atoms with Crippen LogP contribution in [0.15, 0.2) is 40.0 Å². The van der Waals surface area contributed by atoms with Gasteiger partial charge in [0.05, 0.1) is 5.69 Å². The Kier molecular flexibility index (Phi) is 1.72. The Morgan fingerprint density at radius 2 is 2.33 bits per heavy atom. The lowest BCUT2D eigenvalue weighted by atomic mass is 10.2. The van der Waals surface area contributed by atoms with Crippen LogP contribution in [-0.4, -0.2) is 14.6 Å². The fraction of sp³-hybridized carbons (Fsp3) is 0. The van der Waals surface area contributed by atoms with Gasteiger partial charge in [-0.2, -0.15) is 11.3 Å². The molecule has 3 rings (SSSR count). The summed E-state index contributed by atoms with van der Waals surface area (Å²) in [6.45, 7) is 0. The molecule has 3 aromatic rings. The summed E-state index contributed by atoms with van der Waals surface area (Å²) < 4.78 is 1.41. The number of H-pyrrole nitrogens is 1. The minimum absolute atomic E-state index is 0.0915. The molecule has 0 radical (unpaired) electrons. The maximum absolute atomic E-state index is 11.7. The van der Waals surface area contributed by atoms with E-state index in [1.807, 2.05) is 16.8 Å². The molecule has 0 fully saturated rings. The van der Waals surface area contributed by atoms with Gasteiger partial charge in [-0.1, -0.05) is 0 Å². The summed E-state index contributed by atoms with van der Waals surface area (Å²) in [5.74, 6) is 0. The number of rotatable bonds is 1. The van der Waals surface area contributed by atoms with E-state index < -0.39 is 0 Å².